The van der Waals surface area contributed by atoms with Gasteiger partial charge in [-0.15, -0.1) is 0 Å². The topological polar surface area (TPSA) is 47.0 Å². The lowest BCUT2D eigenvalue weighted by Crippen LogP contribution is -2.38. The minimum absolute atomic E-state index is 0.484. The molecule has 2 heterocycles. The third-order valence-corrected chi connectivity index (χ3v) is 4.97. The predicted octanol–water partition coefficient (Wildman–Crippen LogP) is 2.51. The molecule has 0 radical (unpaired) electrons. The SMILES string of the molecule is CCNC(CSc1nc(C)c(C)c(C)n1)C1CCOC1. The zero-order chi connectivity index (χ0) is 14.5. The van der Waals surface area contributed by atoms with Crippen molar-refractivity contribution >= 4 is 11.8 Å². The van der Waals surface area contributed by atoms with Gasteiger partial charge in [0.2, 0.25) is 0 Å². The molecular weight excluding hydrogens is 270 g/mol. The molecule has 1 aliphatic rings. The third kappa shape index (κ3) is 3.93. The van der Waals surface area contributed by atoms with Crippen molar-refractivity contribution in [3.63, 3.8) is 0 Å². The van der Waals surface area contributed by atoms with Gasteiger partial charge in [-0.3, -0.25) is 0 Å². The van der Waals surface area contributed by atoms with E-state index in [1.165, 1.54) is 5.56 Å². The van der Waals surface area contributed by atoms with Crippen LogP contribution in [0.2, 0.25) is 0 Å². The van der Waals surface area contributed by atoms with Gasteiger partial charge >= 0.3 is 0 Å². The Morgan fingerprint density at radius 1 is 1.30 bits per heavy atom. The van der Waals surface area contributed by atoms with Crippen LogP contribution in [0.3, 0.4) is 0 Å². The average Bonchev–Trinajstić information content (AvgIpc) is 2.94. The van der Waals surface area contributed by atoms with E-state index >= 15 is 0 Å². The summed E-state index contributed by atoms with van der Waals surface area (Å²) in [6.45, 7) is 11.1. The van der Waals surface area contributed by atoms with Crippen LogP contribution in [0.25, 0.3) is 0 Å². The summed E-state index contributed by atoms with van der Waals surface area (Å²) in [4.78, 5) is 9.17. The molecule has 112 valence electrons. The highest BCUT2D eigenvalue weighted by atomic mass is 32.2. The maximum absolute atomic E-state index is 5.51. The molecule has 20 heavy (non-hydrogen) atoms. The molecule has 0 aliphatic carbocycles. The number of hydrogen-bond donors (Lipinski definition) is 1. The average molecular weight is 295 g/mol. The van der Waals surface area contributed by atoms with E-state index in [1.807, 2.05) is 0 Å². The van der Waals surface area contributed by atoms with Gasteiger partial charge in [-0.2, -0.15) is 0 Å². The van der Waals surface area contributed by atoms with E-state index in [2.05, 4.69) is 43.0 Å². The van der Waals surface area contributed by atoms with Gasteiger partial charge < -0.3 is 10.1 Å². The van der Waals surface area contributed by atoms with Crippen LogP contribution in [0.15, 0.2) is 5.16 Å². The lowest BCUT2D eigenvalue weighted by atomic mass is 10.0. The quantitative estimate of drug-likeness (QED) is 0.645. The molecule has 0 spiro atoms. The Bertz CT molecular complexity index is 424. The molecule has 1 saturated heterocycles. The summed E-state index contributed by atoms with van der Waals surface area (Å²) in [5, 5.41) is 4.47. The molecule has 1 aliphatic heterocycles. The summed E-state index contributed by atoms with van der Waals surface area (Å²) in [6.07, 6.45) is 1.16. The Balaban J connectivity index is 1.98. The molecule has 0 aromatic carbocycles. The number of rotatable bonds is 6. The number of thioether (sulfide) groups is 1. The fourth-order valence-corrected chi connectivity index (χ4v) is 3.59. The molecule has 1 N–H and O–H groups in total. The van der Waals surface area contributed by atoms with Crippen molar-refractivity contribution in [2.24, 2.45) is 5.92 Å². The number of hydrogen-bond acceptors (Lipinski definition) is 5. The zero-order valence-corrected chi connectivity index (χ0v) is 13.7. The highest BCUT2D eigenvalue weighted by Gasteiger charge is 2.25. The fraction of sp³-hybridized carbons (Fsp3) is 0.733. The molecule has 0 saturated carbocycles. The summed E-state index contributed by atoms with van der Waals surface area (Å²) in [5.74, 6) is 1.62. The monoisotopic (exact) mass is 295 g/mol. The van der Waals surface area contributed by atoms with E-state index in [0.29, 0.717) is 12.0 Å². The van der Waals surface area contributed by atoms with Crippen molar-refractivity contribution < 1.29 is 4.74 Å². The van der Waals surface area contributed by atoms with Crippen LogP contribution in [0.5, 0.6) is 0 Å². The van der Waals surface area contributed by atoms with Crippen molar-refractivity contribution in [3.8, 4) is 0 Å². The molecule has 5 heteroatoms. The van der Waals surface area contributed by atoms with Crippen LogP contribution in [0.1, 0.15) is 30.3 Å². The van der Waals surface area contributed by atoms with Crippen LogP contribution >= 0.6 is 11.8 Å². The molecule has 1 aromatic rings. The van der Waals surface area contributed by atoms with Gasteiger partial charge in [-0.05, 0) is 39.3 Å². The number of aryl methyl sites for hydroxylation is 2. The first-order valence-corrected chi connectivity index (χ1v) is 8.36. The van der Waals surface area contributed by atoms with E-state index < -0.39 is 0 Å². The lowest BCUT2D eigenvalue weighted by molar-refractivity contribution is 0.179. The van der Waals surface area contributed by atoms with Gasteiger partial charge in [-0.1, -0.05) is 18.7 Å². The highest BCUT2D eigenvalue weighted by molar-refractivity contribution is 7.99. The molecule has 1 aromatic heterocycles. The molecule has 4 nitrogen and oxygen atoms in total. The van der Waals surface area contributed by atoms with Crippen molar-refractivity contribution in [2.45, 2.75) is 45.3 Å². The van der Waals surface area contributed by atoms with E-state index in [0.717, 1.165) is 48.5 Å². The zero-order valence-electron chi connectivity index (χ0n) is 12.9. The minimum atomic E-state index is 0.484. The fourth-order valence-electron chi connectivity index (χ4n) is 2.46. The molecule has 2 atom stereocenters. The molecule has 2 rings (SSSR count). The summed E-state index contributed by atoms with van der Waals surface area (Å²) in [5.41, 5.74) is 3.37. The number of nitrogens with zero attached hydrogens (tertiary/aromatic N) is 2. The number of nitrogens with one attached hydrogen (secondary N) is 1. The Hall–Kier alpha value is -0.650. The lowest BCUT2D eigenvalue weighted by Gasteiger charge is -2.22. The van der Waals surface area contributed by atoms with Crippen molar-refractivity contribution in [3.05, 3.63) is 17.0 Å². The van der Waals surface area contributed by atoms with Gasteiger partial charge in [0, 0.05) is 35.7 Å². The molecule has 1 fully saturated rings. The van der Waals surface area contributed by atoms with E-state index in [-0.39, 0.29) is 0 Å². The predicted molar refractivity (Wildman–Crippen MR) is 83.4 cm³/mol. The standard InChI is InChI=1S/C15H25N3OS/c1-5-16-14(13-6-7-19-8-13)9-20-15-17-11(3)10(2)12(4)18-15/h13-14,16H,5-9H2,1-4H3. The Morgan fingerprint density at radius 3 is 2.55 bits per heavy atom. The second-order valence-corrected chi connectivity index (χ2v) is 6.39. The first-order chi connectivity index (χ1) is 9.61. The van der Waals surface area contributed by atoms with Crippen molar-refractivity contribution in [2.75, 3.05) is 25.5 Å². The van der Waals surface area contributed by atoms with Crippen LogP contribution in [0.4, 0.5) is 0 Å². The maximum Gasteiger partial charge on any atom is 0.188 e. The van der Waals surface area contributed by atoms with Crippen molar-refractivity contribution in [1.82, 2.24) is 15.3 Å². The van der Waals surface area contributed by atoms with E-state index in [4.69, 9.17) is 4.74 Å². The first-order valence-electron chi connectivity index (χ1n) is 7.37. The van der Waals surface area contributed by atoms with Crippen molar-refractivity contribution in [1.29, 1.82) is 0 Å². The normalized spacial score (nSPS) is 20.3. The molecule has 0 bridgehead atoms. The van der Waals surface area contributed by atoms with E-state index in [9.17, 15) is 0 Å². The van der Waals surface area contributed by atoms with Gasteiger partial charge in [0.05, 0.1) is 6.61 Å². The van der Waals surface area contributed by atoms with Gasteiger partial charge in [0.25, 0.3) is 0 Å². The van der Waals surface area contributed by atoms with Gasteiger partial charge in [-0.25, -0.2) is 9.97 Å². The second-order valence-electron chi connectivity index (χ2n) is 5.40. The smallest absolute Gasteiger partial charge is 0.188 e. The second kappa shape index (κ2) is 7.38. The summed E-state index contributed by atoms with van der Waals surface area (Å²) in [7, 11) is 0. The number of aromatic nitrogens is 2. The third-order valence-electron chi connectivity index (χ3n) is 4.00. The summed E-state index contributed by atoms with van der Waals surface area (Å²) < 4.78 is 5.51. The van der Waals surface area contributed by atoms with E-state index in [1.54, 1.807) is 11.8 Å². The van der Waals surface area contributed by atoms with Gasteiger partial charge in [0.1, 0.15) is 0 Å². The van der Waals surface area contributed by atoms with Gasteiger partial charge in [0.15, 0.2) is 5.16 Å². The minimum Gasteiger partial charge on any atom is -0.381 e. The molecular formula is C15H25N3OS. The highest BCUT2D eigenvalue weighted by Crippen LogP contribution is 2.23. The largest absolute Gasteiger partial charge is 0.381 e. The number of ether oxygens (including phenoxy) is 1. The Morgan fingerprint density at radius 2 is 2.00 bits per heavy atom. The Kier molecular flexibility index (Phi) is 5.81. The van der Waals surface area contributed by atoms with Crippen LogP contribution in [-0.4, -0.2) is 41.5 Å². The summed E-state index contributed by atoms with van der Waals surface area (Å²) >= 11 is 1.75. The summed E-state index contributed by atoms with van der Waals surface area (Å²) in [6, 6.07) is 0.484. The molecule has 0 amide bonds. The van der Waals surface area contributed by atoms with Crippen LogP contribution < -0.4 is 5.32 Å². The Labute approximate surface area is 126 Å². The van der Waals surface area contributed by atoms with Crippen LogP contribution in [0, 0.1) is 26.7 Å². The molecule has 2 unspecified atom stereocenters. The maximum atomic E-state index is 5.51. The first kappa shape index (κ1) is 15.7. The van der Waals surface area contributed by atoms with Crippen LogP contribution in [-0.2, 0) is 4.74 Å².